The van der Waals surface area contributed by atoms with Crippen LogP contribution in [0.4, 0.5) is 0 Å². The zero-order valence-corrected chi connectivity index (χ0v) is 22.9. The number of halogens is 1. The van der Waals surface area contributed by atoms with E-state index < -0.39 is 35.6 Å². The number of fused-ring (bicyclic) bond motifs is 1. The van der Waals surface area contributed by atoms with E-state index >= 15 is 0 Å². The fourth-order valence-corrected chi connectivity index (χ4v) is 7.33. The van der Waals surface area contributed by atoms with Crippen LogP contribution in [0.1, 0.15) is 52.0 Å². The van der Waals surface area contributed by atoms with Crippen LogP contribution < -0.4 is 10.6 Å². The van der Waals surface area contributed by atoms with E-state index in [4.69, 9.17) is 4.74 Å². The second-order valence-corrected chi connectivity index (χ2v) is 11.6. The summed E-state index contributed by atoms with van der Waals surface area (Å²) >= 11 is 3.69. The van der Waals surface area contributed by atoms with Crippen LogP contribution >= 0.6 is 15.9 Å². The number of carbonyl (C=O) groups excluding carboxylic acids is 3. The summed E-state index contributed by atoms with van der Waals surface area (Å²) in [4.78, 5) is 42.7. The largest absolute Gasteiger partial charge is 0.394 e. The van der Waals surface area contributed by atoms with Gasteiger partial charge in [0.05, 0.1) is 30.6 Å². The number of benzene rings is 1. The summed E-state index contributed by atoms with van der Waals surface area (Å²) in [6.45, 7) is 6.19. The summed E-state index contributed by atoms with van der Waals surface area (Å²) in [6, 6.07) is 8.00. The van der Waals surface area contributed by atoms with Crippen LogP contribution in [0.5, 0.6) is 0 Å². The summed E-state index contributed by atoms with van der Waals surface area (Å²) in [5.41, 5.74) is -0.164. The number of alkyl halides is 1. The van der Waals surface area contributed by atoms with Gasteiger partial charge >= 0.3 is 0 Å². The second-order valence-electron chi connectivity index (χ2n) is 10.4. The van der Waals surface area contributed by atoms with Gasteiger partial charge in [0.25, 0.3) is 0 Å². The van der Waals surface area contributed by atoms with Crippen LogP contribution in [-0.2, 0) is 25.5 Å². The molecule has 0 aromatic heterocycles. The van der Waals surface area contributed by atoms with E-state index in [-0.39, 0.29) is 35.2 Å². The standard InChI is InChI=1S/C27H38BrN3O5/c1-4-9-16(3)30-25(34)23-27-14-19(28)22(36-27)20(24(33)29-12-5-2)21(27)26(35)31(23)18(15-32)13-17-10-7-6-8-11-17/h6-8,10-11,16,18-23,32H,4-5,9,12-15H2,1-3H3,(H,29,33)(H,30,34)/t16?,18-,19?,20+,21+,22+,23?,27?/m1/s1. The number of aliphatic hydroxyl groups excluding tert-OH is 1. The van der Waals surface area contributed by atoms with Gasteiger partial charge in [0, 0.05) is 17.4 Å². The maximum Gasteiger partial charge on any atom is 0.246 e. The Balaban J connectivity index is 1.73. The van der Waals surface area contributed by atoms with Gasteiger partial charge < -0.3 is 25.4 Å². The molecule has 3 aliphatic rings. The highest BCUT2D eigenvalue weighted by Gasteiger charge is 2.77. The number of amides is 3. The third-order valence-corrected chi connectivity index (χ3v) is 8.70. The molecule has 2 bridgehead atoms. The number of ether oxygens (including phenoxy) is 1. The first kappa shape index (κ1) is 27.1. The Morgan fingerprint density at radius 3 is 2.58 bits per heavy atom. The minimum absolute atomic E-state index is 0.0707. The molecule has 3 aliphatic heterocycles. The Labute approximate surface area is 221 Å². The summed E-state index contributed by atoms with van der Waals surface area (Å²) < 4.78 is 6.52. The molecule has 3 amide bonds. The molecule has 1 aromatic rings. The Hall–Kier alpha value is -1.97. The highest BCUT2D eigenvalue weighted by atomic mass is 79.9. The van der Waals surface area contributed by atoms with E-state index in [9.17, 15) is 19.5 Å². The average Bonchev–Trinajstić information content (AvgIpc) is 3.45. The number of carbonyl (C=O) groups is 3. The fourth-order valence-electron chi connectivity index (χ4n) is 6.39. The van der Waals surface area contributed by atoms with Crippen molar-refractivity contribution in [3.63, 3.8) is 0 Å². The first-order valence-corrected chi connectivity index (χ1v) is 14.1. The number of nitrogens with zero attached hydrogens (tertiary/aromatic N) is 1. The third-order valence-electron chi connectivity index (χ3n) is 7.86. The van der Waals surface area contributed by atoms with E-state index in [2.05, 4.69) is 33.5 Å². The van der Waals surface area contributed by atoms with E-state index in [0.29, 0.717) is 19.4 Å². The molecule has 0 saturated carbocycles. The molecule has 4 unspecified atom stereocenters. The second kappa shape index (κ2) is 11.2. The van der Waals surface area contributed by atoms with Gasteiger partial charge in [0.2, 0.25) is 17.7 Å². The van der Waals surface area contributed by atoms with Crippen LogP contribution in [0, 0.1) is 11.8 Å². The predicted octanol–water partition coefficient (Wildman–Crippen LogP) is 2.17. The third kappa shape index (κ3) is 4.70. The number of hydrogen-bond acceptors (Lipinski definition) is 5. The molecular formula is C27H38BrN3O5. The van der Waals surface area contributed by atoms with E-state index in [1.54, 1.807) is 0 Å². The molecule has 8 atom stereocenters. The van der Waals surface area contributed by atoms with Crippen molar-refractivity contribution < 1.29 is 24.2 Å². The van der Waals surface area contributed by atoms with Crippen molar-refractivity contribution >= 4 is 33.7 Å². The van der Waals surface area contributed by atoms with Crippen molar-refractivity contribution in [2.45, 2.75) is 87.5 Å². The maximum absolute atomic E-state index is 14.1. The van der Waals surface area contributed by atoms with Crippen molar-refractivity contribution in [2.24, 2.45) is 11.8 Å². The van der Waals surface area contributed by atoms with Gasteiger partial charge in [-0.2, -0.15) is 0 Å². The van der Waals surface area contributed by atoms with Gasteiger partial charge in [-0.15, -0.1) is 0 Å². The van der Waals surface area contributed by atoms with Crippen molar-refractivity contribution in [3.8, 4) is 0 Å². The maximum atomic E-state index is 14.1. The fraction of sp³-hybridized carbons (Fsp3) is 0.667. The summed E-state index contributed by atoms with van der Waals surface area (Å²) in [5, 5.41) is 16.5. The van der Waals surface area contributed by atoms with Gasteiger partial charge in [0.15, 0.2) is 0 Å². The molecule has 3 fully saturated rings. The summed E-state index contributed by atoms with van der Waals surface area (Å²) in [5.74, 6) is -2.24. The van der Waals surface area contributed by atoms with Crippen molar-refractivity contribution in [1.29, 1.82) is 0 Å². The van der Waals surface area contributed by atoms with E-state index in [1.807, 2.05) is 44.2 Å². The molecule has 3 saturated heterocycles. The highest BCUT2D eigenvalue weighted by molar-refractivity contribution is 9.09. The van der Waals surface area contributed by atoms with E-state index in [1.165, 1.54) is 4.90 Å². The first-order valence-electron chi connectivity index (χ1n) is 13.2. The number of nitrogens with one attached hydrogen (secondary N) is 2. The zero-order valence-electron chi connectivity index (χ0n) is 21.3. The van der Waals surface area contributed by atoms with Crippen molar-refractivity contribution in [3.05, 3.63) is 35.9 Å². The normalized spacial score (nSPS) is 32.3. The number of rotatable bonds is 11. The van der Waals surface area contributed by atoms with E-state index in [0.717, 1.165) is 24.8 Å². The molecule has 4 rings (SSSR count). The predicted molar refractivity (Wildman–Crippen MR) is 139 cm³/mol. The van der Waals surface area contributed by atoms with Crippen LogP contribution in [0.3, 0.4) is 0 Å². The lowest BCUT2D eigenvalue weighted by Crippen LogP contribution is -2.59. The molecule has 0 radical (unpaired) electrons. The van der Waals surface area contributed by atoms with Crippen LogP contribution in [0.15, 0.2) is 30.3 Å². The molecular weight excluding hydrogens is 526 g/mol. The first-order chi connectivity index (χ1) is 17.3. The monoisotopic (exact) mass is 563 g/mol. The molecule has 9 heteroatoms. The Kier molecular flexibility index (Phi) is 8.42. The molecule has 3 heterocycles. The summed E-state index contributed by atoms with van der Waals surface area (Å²) in [6.07, 6.45) is 2.87. The summed E-state index contributed by atoms with van der Waals surface area (Å²) in [7, 11) is 0. The van der Waals surface area contributed by atoms with Crippen LogP contribution in [-0.4, -0.2) is 75.5 Å². The topological polar surface area (TPSA) is 108 Å². The van der Waals surface area contributed by atoms with Gasteiger partial charge in [-0.25, -0.2) is 0 Å². The molecule has 0 aliphatic carbocycles. The minimum Gasteiger partial charge on any atom is -0.394 e. The van der Waals surface area contributed by atoms with Gasteiger partial charge in [-0.05, 0) is 38.2 Å². The number of hydrogen-bond donors (Lipinski definition) is 3. The number of aliphatic hydroxyl groups is 1. The zero-order chi connectivity index (χ0) is 26.0. The smallest absolute Gasteiger partial charge is 0.246 e. The molecule has 3 N–H and O–H groups in total. The van der Waals surface area contributed by atoms with Crippen molar-refractivity contribution in [2.75, 3.05) is 13.2 Å². The molecule has 1 spiro atoms. The van der Waals surface area contributed by atoms with Crippen molar-refractivity contribution in [1.82, 2.24) is 15.5 Å². The lowest BCUT2D eigenvalue weighted by Gasteiger charge is -2.37. The van der Waals surface area contributed by atoms with Gasteiger partial charge in [-0.1, -0.05) is 66.5 Å². The lowest BCUT2D eigenvalue weighted by atomic mass is 9.70. The van der Waals surface area contributed by atoms with Gasteiger partial charge in [0.1, 0.15) is 11.6 Å². The molecule has 198 valence electrons. The number of likely N-dealkylation sites (tertiary alicyclic amines) is 1. The van der Waals surface area contributed by atoms with Gasteiger partial charge in [-0.3, -0.25) is 14.4 Å². The Morgan fingerprint density at radius 1 is 1.22 bits per heavy atom. The molecule has 36 heavy (non-hydrogen) atoms. The lowest BCUT2D eigenvalue weighted by molar-refractivity contribution is -0.145. The Morgan fingerprint density at radius 2 is 1.94 bits per heavy atom. The van der Waals surface area contributed by atoms with Crippen LogP contribution in [0.25, 0.3) is 0 Å². The SMILES string of the molecule is CCCNC(=O)[C@H]1[C@H]2C(=O)N([C@@H](CO)Cc3ccccc3)C(C(=O)NC(C)CCC)C23CC(Br)[C@@H]1O3. The molecule has 1 aromatic carbocycles. The highest BCUT2D eigenvalue weighted by Crippen LogP contribution is 2.60. The average molecular weight is 565 g/mol. The quantitative estimate of drug-likeness (QED) is 0.357. The minimum atomic E-state index is -1.12. The van der Waals surface area contributed by atoms with Crippen LogP contribution in [0.2, 0.25) is 0 Å². The molecule has 8 nitrogen and oxygen atoms in total. The Bertz CT molecular complexity index is 962.